The van der Waals surface area contributed by atoms with Crippen LogP contribution in [0.2, 0.25) is 0 Å². The Bertz CT molecular complexity index is 610. The molecule has 2 aromatic carbocycles. The fourth-order valence-corrected chi connectivity index (χ4v) is 1.89. The van der Waals surface area contributed by atoms with Crippen molar-refractivity contribution in [3.8, 4) is 0 Å². The van der Waals surface area contributed by atoms with Crippen molar-refractivity contribution in [1.29, 1.82) is 0 Å². The summed E-state index contributed by atoms with van der Waals surface area (Å²) in [6.45, 7) is 0. The van der Waals surface area contributed by atoms with Crippen LogP contribution in [0, 0.1) is 0 Å². The van der Waals surface area contributed by atoms with Crippen molar-refractivity contribution in [2.24, 2.45) is 0 Å². The van der Waals surface area contributed by atoms with Crippen LogP contribution in [0.1, 0.15) is 0 Å². The van der Waals surface area contributed by atoms with Gasteiger partial charge in [0, 0.05) is 10.8 Å². The zero-order valence-corrected chi connectivity index (χ0v) is 7.95. The summed E-state index contributed by atoms with van der Waals surface area (Å²) in [4.78, 5) is 0. The summed E-state index contributed by atoms with van der Waals surface area (Å²) in [5.74, 6) is 0. The van der Waals surface area contributed by atoms with Crippen LogP contribution < -0.4 is 5.46 Å². The van der Waals surface area contributed by atoms with Crippen molar-refractivity contribution >= 4 is 35.2 Å². The number of hydrogen-bond donors (Lipinski definition) is 0. The first-order valence-electron chi connectivity index (χ1n) is 4.73. The van der Waals surface area contributed by atoms with Gasteiger partial charge >= 0.3 is 0 Å². The number of hydrogen-bond acceptors (Lipinski definition) is 1. The Hall–Kier alpha value is -1.70. The van der Waals surface area contributed by atoms with Gasteiger partial charge in [-0.3, -0.25) is 0 Å². The number of furan rings is 1. The van der Waals surface area contributed by atoms with E-state index in [-0.39, 0.29) is 0 Å². The molecule has 3 rings (SSSR count). The van der Waals surface area contributed by atoms with Gasteiger partial charge in [-0.1, -0.05) is 36.4 Å². The van der Waals surface area contributed by atoms with E-state index in [4.69, 9.17) is 4.42 Å². The van der Waals surface area contributed by atoms with Gasteiger partial charge < -0.3 is 4.42 Å². The van der Waals surface area contributed by atoms with Crippen molar-refractivity contribution in [2.75, 3.05) is 0 Å². The minimum Gasteiger partial charge on any atom is -0.457 e. The summed E-state index contributed by atoms with van der Waals surface area (Å²) in [6, 6.07) is 14.4. The van der Waals surface area contributed by atoms with Crippen LogP contribution in [0.15, 0.2) is 46.9 Å². The average Bonchev–Trinajstić information content (AvgIpc) is 2.59. The molecule has 1 aromatic heterocycles. The van der Waals surface area contributed by atoms with E-state index in [1.54, 1.807) is 0 Å². The van der Waals surface area contributed by atoms with E-state index in [0.717, 1.165) is 11.2 Å². The first-order valence-corrected chi connectivity index (χ1v) is 4.73. The highest BCUT2D eigenvalue weighted by atomic mass is 16.3. The van der Waals surface area contributed by atoms with Crippen LogP contribution in [-0.4, -0.2) is 7.85 Å². The third-order valence-electron chi connectivity index (χ3n) is 2.60. The van der Waals surface area contributed by atoms with Gasteiger partial charge in [0.05, 0.1) is 0 Å². The second-order valence-corrected chi connectivity index (χ2v) is 3.55. The molecule has 0 aliphatic heterocycles. The Morgan fingerprint density at radius 3 is 2.57 bits per heavy atom. The molecule has 0 fully saturated rings. The van der Waals surface area contributed by atoms with Gasteiger partial charge in [-0.15, -0.1) is 0 Å². The SMILES string of the molecule is Bc1cccc2c1oc1ccccc12. The molecule has 0 bridgehead atoms. The summed E-state index contributed by atoms with van der Waals surface area (Å²) in [5, 5.41) is 2.41. The minimum atomic E-state index is 0.969. The van der Waals surface area contributed by atoms with Crippen molar-refractivity contribution in [2.45, 2.75) is 0 Å². The van der Waals surface area contributed by atoms with Crippen LogP contribution in [0.5, 0.6) is 0 Å². The largest absolute Gasteiger partial charge is 0.457 e. The fourth-order valence-electron chi connectivity index (χ4n) is 1.89. The third kappa shape index (κ3) is 0.910. The van der Waals surface area contributed by atoms with E-state index < -0.39 is 0 Å². The van der Waals surface area contributed by atoms with E-state index in [0.29, 0.717) is 0 Å². The van der Waals surface area contributed by atoms with Gasteiger partial charge in [0.25, 0.3) is 0 Å². The number of benzene rings is 2. The minimum absolute atomic E-state index is 0.969. The van der Waals surface area contributed by atoms with Crippen molar-refractivity contribution < 1.29 is 4.42 Å². The molecular weight excluding hydrogens is 171 g/mol. The van der Waals surface area contributed by atoms with Gasteiger partial charge in [-0.2, -0.15) is 0 Å². The van der Waals surface area contributed by atoms with E-state index in [1.165, 1.54) is 16.2 Å². The van der Waals surface area contributed by atoms with Crippen molar-refractivity contribution in [1.82, 2.24) is 0 Å². The zero-order chi connectivity index (χ0) is 9.54. The van der Waals surface area contributed by atoms with Crippen LogP contribution in [0.3, 0.4) is 0 Å². The molecule has 66 valence electrons. The molecule has 0 saturated heterocycles. The Morgan fingerprint density at radius 1 is 0.857 bits per heavy atom. The molecule has 0 amide bonds. The first kappa shape index (κ1) is 7.68. The maximum Gasteiger partial charge on any atom is 0.144 e. The molecule has 0 atom stereocenters. The smallest absolute Gasteiger partial charge is 0.144 e. The lowest BCUT2D eigenvalue weighted by atomic mass is 9.94. The maximum absolute atomic E-state index is 5.78. The van der Waals surface area contributed by atoms with Crippen LogP contribution >= 0.6 is 0 Å². The van der Waals surface area contributed by atoms with Gasteiger partial charge in [0.1, 0.15) is 19.0 Å². The molecule has 1 nitrogen and oxygen atoms in total. The lowest BCUT2D eigenvalue weighted by Gasteiger charge is -1.91. The topological polar surface area (TPSA) is 13.1 Å². The molecule has 0 spiro atoms. The predicted octanol–water partition coefficient (Wildman–Crippen LogP) is 1.84. The Labute approximate surface area is 82.7 Å². The van der Waals surface area contributed by atoms with Crippen molar-refractivity contribution in [3.05, 3.63) is 42.5 Å². The highest BCUT2D eigenvalue weighted by Gasteiger charge is 2.06. The summed E-state index contributed by atoms with van der Waals surface area (Å²) in [6.07, 6.45) is 0. The Kier molecular flexibility index (Phi) is 1.45. The van der Waals surface area contributed by atoms with Crippen molar-refractivity contribution in [3.63, 3.8) is 0 Å². The second-order valence-electron chi connectivity index (χ2n) is 3.55. The molecule has 0 saturated carbocycles. The molecule has 0 aliphatic carbocycles. The molecule has 0 radical (unpaired) electrons. The number of rotatable bonds is 0. The standard InChI is InChI=1S/C12H9BO/c13-10-6-3-5-9-8-4-1-2-7-11(8)14-12(9)10/h1-7H,13H2. The number of fused-ring (bicyclic) bond motifs is 3. The van der Waals surface area contributed by atoms with Crippen LogP contribution in [0.25, 0.3) is 21.9 Å². The summed E-state index contributed by atoms with van der Waals surface area (Å²) >= 11 is 0. The molecule has 1 heterocycles. The van der Waals surface area contributed by atoms with E-state index in [9.17, 15) is 0 Å². The van der Waals surface area contributed by atoms with Gasteiger partial charge in [-0.05, 0) is 11.5 Å². The highest BCUT2D eigenvalue weighted by molar-refractivity contribution is 6.39. The Morgan fingerprint density at radius 2 is 1.64 bits per heavy atom. The average molecular weight is 180 g/mol. The second kappa shape index (κ2) is 2.64. The third-order valence-corrected chi connectivity index (χ3v) is 2.60. The zero-order valence-electron chi connectivity index (χ0n) is 7.95. The quantitative estimate of drug-likeness (QED) is 0.481. The molecule has 2 heteroatoms. The highest BCUT2D eigenvalue weighted by Crippen LogP contribution is 2.26. The first-order chi connectivity index (χ1) is 6.86. The lowest BCUT2D eigenvalue weighted by Crippen LogP contribution is -2.00. The molecule has 3 aromatic rings. The molecule has 14 heavy (non-hydrogen) atoms. The Balaban J connectivity index is 2.63. The summed E-state index contributed by atoms with van der Waals surface area (Å²) in [5.41, 5.74) is 3.17. The molecule has 0 unspecified atom stereocenters. The van der Waals surface area contributed by atoms with Crippen LogP contribution in [0.4, 0.5) is 0 Å². The molecular formula is C12H9BO. The maximum atomic E-state index is 5.78. The summed E-state index contributed by atoms with van der Waals surface area (Å²) in [7, 11) is 2.07. The monoisotopic (exact) mass is 180 g/mol. The van der Waals surface area contributed by atoms with E-state index in [2.05, 4.69) is 32.1 Å². The van der Waals surface area contributed by atoms with E-state index in [1.807, 2.05) is 18.2 Å². The van der Waals surface area contributed by atoms with E-state index >= 15 is 0 Å². The van der Waals surface area contributed by atoms with Gasteiger partial charge in [-0.25, -0.2) is 0 Å². The molecule has 0 N–H and O–H groups in total. The van der Waals surface area contributed by atoms with Gasteiger partial charge in [0.15, 0.2) is 0 Å². The number of para-hydroxylation sites is 2. The fraction of sp³-hybridized carbons (Fsp3) is 0. The predicted molar refractivity (Wildman–Crippen MR) is 61.9 cm³/mol. The lowest BCUT2D eigenvalue weighted by molar-refractivity contribution is 0.671. The van der Waals surface area contributed by atoms with Crippen LogP contribution in [-0.2, 0) is 0 Å². The normalized spacial score (nSPS) is 11.1. The molecule has 0 aliphatic rings. The summed E-state index contributed by atoms with van der Waals surface area (Å²) < 4.78 is 5.78. The van der Waals surface area contributed by atoms with Gasteiger partial charge in [0.2, 0.25) is 0 Å².